The van der Waals surface area contributed by atoms with Crippen molar-refractivity contribution in [1.29, 1.82) is 0 Å². The van der Waals surface area contributed by atoms with Gasteiger partial charge in [0.15, 0.2) is 0 Å². The van der Waals surface area contributed by atoms with Gasteiger partial charge in [-0.2, -0.15) is 10.2 Å². The van der Waals surface area contributed by atoms with Crippen LogP contribution in [0.25, 0.3) is 10.9 Å². The summed E-state index contributed by atoms with van der Waals surface area (Å²) >= 11 is 6.31. The molecule has 2 heterocycles. The molecule has 2 aromatic heterocycles. The van der Waals surface area contributed by atoms with E-state index in [1.807, 2.05) is 42.9 Å². The second-order valence-corrected chi connectivity index (χ2v) is 5.17. The van der Waals surface area contributed by atoms with Crippen molar-refractivity contribution in [2.75, 3.05) is 0 Å². The molecule has 0 atom stereocenters. The molecular formula is C14H16ClN5. The van der Waals surface area contributed by atoms with Gasteiger partial charge in [0.05, 0.1) is 34.2 Å². The number of aromatic nitrogens is 4. The first-order valence-electron chi connectivity index (χ1n) is 6.44. The van der Waals surface area contributed by atoms with Gasteiger partial charge in [-0.15, -0.1) is 0 Å². The second kappa shape index (κ2) is 4.92. The average Bonchev–Trinajstić information content (AvgIpc) is 2.92. The summed E-state index contributed by atoms with van der Waals surface area (Å²) in [4.78, 5) is 0. The first kappa shape index (κ1) is 13.1. The van der Waals surface area contributed by atoms with Crippen LogP contribution in [0, 0.1) is 6.92 Å². The minimum Gasteiger partial charge on any atom is -0.325 e. The maximum Gasteiger partial charge on any atom is 0.0866 e. The number of benzene rings is 1. The van der Waals surface area contributed by atoms with Crippen molar-refractivity contribution in [1.82, 2.24) is 19.6 Å². The fourth-order valence-corrected chi connectivity index (χ4v) is 2.68. The highest BCUT2D eigenvalue weighted by Gasteiger charge is 2.15. The van der Waals surface area contributed by atoms with Gasteiger partial charge in [-0.25, -0.2) is 0 Å². The van der Waals surface area contributed by atoms with Crippen molar-refractivity contribution in [3.63, 3.8) is 0 Å². The van der Waals surface area contributed by atoms with Crippen LogP contribution in [0.1, 0.15) is 17.1 Å². The number of nitrogens with zero attached hydrogens (tertiary/aromatic N) is 4. The number of fused-ring (bicyclic) bond motifs is 1. The summed E-state index contributed by atoms with van der Waals surface area (Å²) in [5.41, 5.74) is 9.50. The lowest BCUT2D eigenvalue weighted by molar-refractivity contribution is 0.625. The number of halogens is 1. The number of para-hydroxylation sites is 1. The lowest BCUT2D eigenvalue weighted by atomic mass is 10.2. The van der Waals surface area contributed by atoms with E-state index in [9.17, 15) is 0 Å². The molecule has 0 radical (unpaired) electrons. The van der Waals surface area contributed by atoms with E-state index in [-0.39, 0.29) is 0 Å². The van der Waals surface area contributed by atoms with Crippen LogP contribution in [-0.4, -0.2) is 19.6 Å². The maximum atomic E-state index is 6.31. The van der Waals surface area contributed by atoms with Crippen LogP contribution in [0.5, 0.6) is 0 Å². The van der Waals surface area contributed by atoms with E-state index >= 15 is 0 Å². The summed E-state index contributed by atoms with van der Waals surface area (Å²) in [5, 5.41) is 10.7. The predicted molar refractivity (Wildman–Crippen MR) is 79.7 cm³/mol. The molecule has 0 aliphatic heterocycles. The topological polar surface area (TPSA) is 61.7 Å². The highest BCUT2D eigenvalue weighted by Crippen LogP contribution is 2.23. The molecular weight excluding hydrogens is 274 g/mol. The van der Waals surface area contributed by atoms with Gasteiger partial charge in [0.2, 0.25) is 0 Å². The SMILES string of the molecule is Cc1nn(C)c(Cn2nc(CN)c3ccccc32)c1Cl. The summed E-state index contributed by atoms with van der Waals surface area (Å²) in [5.74, 6) is 0. The molecule has 0 saturated carbocycles. The van der Waals surface area contributed by atoms with Crippen molar-refractivity contribution in [3.8, 4) is 0 Å². The van der Waals surface area contributed by atoms with Gasteiger partial charge in [-0.3, -0.25) is 9.36 Å². The Morgan fingerprint density at radius 1 is 1.25 bits per heavy atom. The van der Waals surface area contributed by atoms with Crippen molar-refractivity contribution in [3.05, 3.63) is 46.4 Å². The standard InChI is InChI=1S/C14H16ClN5/c1-9-14(15)13(19(2)17-9)8-20-12-6-4-3-5-10(12)11(7-16)18-20/h3-6H,7-8,16H2,1-2H3. The lowest BCUT2D eigenvalue weighted by Gasteiger charge is -2.05. The Morgan fingerprint density at radius 2 is 2.00 bits per heavy atom. The lowest BCUT2D eigenvalue weighted by Crippen LogP contribution is -2.08. The number of rotatable bonds is 3. The quantitative estimate of drug-likeness (QED) is 0.804. The third kappa shape index (κ3) is 1.99. The zero-order chi connectivity index (χ0) is 14.3. The third-order valence-electron chi connectivity index (χ3n) is 3.49. The van der Waals surface area contributed by atoms with E-state index in [1.54, 1.807) is 4.68 Å². The van der Waals surface area contributed by atoms with E-state index in [0.29, 0.717) is 18.1 Å². The number of hydrogen-bond acceptors (Lipinski definition) is 3. The van der Waals surface area contributed by atoms with Gasteiger partial charge in [0.25, 0.3) is 0 Å². The van der Waals surface area contributed by atoms with Gasteiger partial charge in [0, 0.05) is 19.0 Å². The van der Waals surface area contributed by atoms with Gasteiger partial charge < -0.3 is 5.73 Å². The zero-order valence-corrected chi connectivity index (χ0v) is 12.2. The summed E-state index contributed by atoms with van der Waals surface area (Å²) in [6.07, 6.45) is 0. The molecule has 5 nitrogen and oxygen atoms in total. The predicted octanol–water partition coefficient (Wildman–Crippen LogP) is 2.24. The van der Waals surface area contributed by atoms with Gasteiger partial charge >= 0.3 is 0 Å². The van der Waals surface area contributed by atoms with Crippen LogP contribution in [-0.2, 0) is 20.1 Å². The van der Waals surface area contributed by atoms with Gasteiger partial charge in [-0.1, -0.05) is 29.8 Å². The molecule has 0 amide bonds. The molecule has 3 rings (SSSR count). The molecule has 0 spiro atoms. The summed E-state index contributed by atoms with van der Waals surface area (Å²) in [6.45, 7) is 2.90. The molecule has 3 aromatic rings. The fourth-order valence-electron chi connectivity index (χ4n) is 2.46. The van der Waals surface area contributed by atoms with Crippen LogP contribution in [0.15, 0.2) is 24.3 Å². The largest absolute Gasteiger partial charge is 0.325 e. The Hall–Kier alpha value is -1.85. The van der Waals surface area contributed by atoms with Crippen LogP contribution in [0.3, 0.4) is 0 Å². The fraction of sp³-hybridized carbons (Fsp3) is 0.286. The highest BCUT2D eigenvalue weighted by molar-refractivity contribution is 6.31. The normalized spacial score (nSPS) is 11.4. The van der Waals surface area contributed by atoms with Gasteiger partial charge in [0.1, 0.15) is 0 Å². The summed E-state index contributed by atoms with van der Waals surface area (Å²) < 4.78 is 3.73. The molecule has 2 N–H and O–H groups in total. The zero-order valence-electron chi connectivity index (χ0n) is 11.5. The van der Waals surface area contributed by atoms with Crippen molar-refractivity contribution >= 4 is 22.5 Å². The molecule has 20 heavy (non-hydrogen) atoms. The summed E-state index contributed by atoms with van der Waals surface area (Å²) in [6, 6.07) is 8.07. The van der Waals surface area contributed by atoms with E-state index in [4.69, 9.17) is 17.3 Å². The van der Waals surface area contributed by atoms with Gasteiger partial charge in [-0.05, 0) is 13.0 Å². The van der Waals surface area contributed by atoms with Crippen molar-refractivity contribution < 1.29 is 0 Å². The minimum absolute atomic E-state index is 0.422. The molecule has 0 aliphatic rings. The molecule has 104 valence electrons. The average molecular weight is 290 g/mol. The van der Waals surface area contributed by atoms with E-state index in [0.717, 1.165) is 28.0 Å². The Bertz CT molecular complexity index is 771. The highest BCUT2D eigenvalue weighted by atomic mass is 35.5. The first-order chi connectivity index (χ1) is 9.61. The second-order valence-electron chi connectivity index (χ2n) is 4.80. The third-order valence-corrected chi connectivity index (χ3v) is 3.98. The van der Waals surface area contributed by atoms with Crippen molar-refractivity contribution in [2.45, 2.75) is 20.0 Å². The molecule has 0 fully saturated rings. The first-order valence-corrected chi connectivity index (χ1v) is 6.82. The van der Waals surface area contributed by atoms with E-state index in [2.05, 4.69) is 10.2 Å². The molecule has 6 heteroatoms. The summed E-state index contributed by atoms with van der Waals surface area (Å²) in [7, 11) is 1.89. The number of aryl methyl sites for hydroxylation is 2. The molecule has 0 bridgehead atoms. The van der Waals surface area contributed by atoms with E-state index in [1.165, 1.54) is 0 Å². The van der Waals surface area contributed by atoms with Crippen molar-refractivity contribution in [2.24, 2.45) is 12.8 Å². The van der Waals surface area contributed by atoms with E-state index < -0.39 is 0 Å². The number of hydrogen-bond donors (Lipinski definition) is 1. The smallest absolute Gasteiger partial charge is 0.0866 e. The molecule has 0 saturated heterocycles. The maximum absolute atomic E-state index is 6.31. The van der Waals surface area contributed by atoms with Crippen LogP contribution >= 0.6 is 11.6 Å². The monoisotopic (exact) mass is 289 g/mol. The van der Waals surface area contributed by atoms with Crippen LogP contribution in [0.2, 0.25) is 5.02 Å². The Kier molecular flexibility index (Phi) is 3.23. The molecule has 0 aliphatic carbocycles. The van der Waals surface area contributed by atoms with Crippen LogP contribution in [0.4, 0.5) is 0 Å². The minimum atomic E-state index is 0.422. The molecule has 1 aromatic carbocycles. The Morgan fingerprint density at radius 3 is 2.65 bits per heavy atom. The van der Waals surface area contributed by atoms with Crippen LogP contribution < -0.4 is 5.73 Å². The Balaban J connectivity index is 2.11. The Labute approximate surface area is 121 Å². The number of nitrogens with two attached hydrogens (primary N) is 1. The molecule has 0 unspecified atom stereocenters.